The average Bonchev–Trinajstić information content (AvgIpc) is 3.26. The molecule has 1 aromatic carbocycles. The van der Waals surface area contributed by atoms with Gasteiger partial charge in [-0.15, -0.1) is 0 Å². The zero-order chi connectivity index (χ0) is 18.4. The molecule has 0 radical (unpaired) electrons. The van der Waals surface area contributed by atoms with Crippen molar-refractivity contribution in [2.45, 2.75) is 52.1 Å². The number of hydrogen-bond donors (Lipinski definition) is 2. The Bertz CT molecular complexity index is 974. The molecule has 2 aromatic rings. The highest BCUT2D eigenvalue weighted by Crippen LogP contribution is 2.49. The maximum Gasteiger partial charge on any atom is 0.316 e. The minimum Gasteiger partial charge on any atom is -0.349 e. The van der Waals surface area contributed by atoms with Gasteiger partial charge in [0.1, 0.15) is 0 Å². The lowest BCUT2D eigenvalue weighted by molar-refractivity contribution is 0.0915. The van der Waals surface area contributed by atoms with Crippen LogP contribution in [0.3, 0.4) is 0 Å². The molecule has 0 aliphatic heterocycles. The summed E-state index contributed by atoms with van der Waals surface area (Å²) in [7, 11) is 0. The van der Waals surface area contributed by atoms with Gasteiger partial charge in [-0.05, 0) is 69.1 Å². The van der Waals surface area contributed by atoms with E-state index in [0.717, 1.165) is 11.8 Å². The maximum absolute atomic E-state index is 12.7. The number of nitrogens with one attached hydrogen (secondary N) is 2. The van der Waals surface area contributed by atoms with Crippen molar-refractivity contribution in [1.29, 1.82) is 0 Å². The molecule has 0 spiro atoms. The van der Waals surface area contributed by atoms with Crippen LogP contribution in [0, 0.1) is 17.8 Å². The van der Waals surface area contributed by atoms with E-state index in [0.29, 0.717) is 29.1 Å². The van der Waals surface area contributed by atoms with Gasteiger partial charge in [-0.1, -0.05) is 6.42 Å². The molecular weight excluding hydrogens is 330 g/mol. The van der Waals surface area contributed by atoms with E-state index in [1.807, 2.05) is 6.92 Å². The van der Waals surface area contributed by atoms with Crippen molar-refractivity contribution in [3.63, 3.8) is 0 Å². The zero-order valence-electron chi connectivity index (χ0n) is 15.2. The molecule has 26 heavy (non-hydrogen) atoms. The summed E-state index contributed by atoms with van der Waals surface area (Å²) in [4.78, 5) is 39.0. The van der Waals surface area contributed by atoms with Crippen LogP contribution in [0.1, 0.15) is 49.9 Å². The number of benzene rings is 1. The number of nitrogens with zero attached hydrogens (tertiary/aromatic N) is 1. The Balaban J connectivity index is 1.58. The van der Waals surface area contributed by atoms with Gasteiger partial charge < -0.3 is 14.9 Å². The van der Waals surface area contributed by atoms with Crippen molar-refractivity contribution in [2.24, 2.45) is 17.8 Å². The number of hydrogen-bond acceptors (Lipinski definition) is 3. The molecule has 0 saturated heterocycles. The van der Waals surface area contributed by atoms with Crippen molar-refractivity contribution in [3.05, 3.63) is 44.5 Å². The predicted octanol–water partition coefficient (Wildman–Crippen LogP) is 2.26. The van der Waals surface area contributed by atoms with E-state index in [2.05, 4.69) is 17.2 Å². The van der Waals surface area contributed by atoms with Crippen molar-refractivity contribution in [3.8, 4) is 0 Å². The Morgan fingerprint density at radius 3 is 2.77 bits per heavy atom. The molecule has 4 atom stereocenters. The number of carbonyl (C=O) groups excluding carboxylic acids is 1. The van der Waals surface area contributed by atoms with Gasteiger partial charge in [-0.25, -0.2) is 0 Å². The van der Waals surface area contributed by atoms with Crippen LogP contribution in [0.15, 0.2) is 27.8 Å². The molecule has 2 bridgehead atoms. The summed E-state index contributed by atoms with van der Waals surface area (Å²) < 4.78 is 1.42. The molecular formula is C20H25N3O3. The smallest absolute Gasteiger partial charge is 0.316 e. The van der Waals surface area contributed by atoms with Crippen molar-refractivity contribution >= 4 is 16.9 Å². The molecule has 138 valence electrons. The molecule has 2 N–H and O–H groups in total. The van der Waals surface area contributed by atoms with E-state index >= 15 is 0 Å². The highest BCUT2D eigenvalue weighted by Gasteiger charge is 2.42. The lowest BCUT2D eigenvalue weighted by atomic mass is 9.84. The third kappa shape index (κ3) is 2.77. The minimum absolute atomic E-state index is 0.128. The van der Waals surface area contributed by atoms with E-state index < -0.39 is 11.1 Å². The van der Waals surface area contributed by atoms with Crippen molar-refractivity contribution in [2.75, 3.05) is 0 Å². The normalized spacial score (nSPS) is 25.5. The van der Waals surface area contributed by atoms with Gasteiger partial charge in [-0.2, -0.15) is 0 Å². The van der Waals surface area contributed by atoms with E-state index in [9.17, 15) is 14.4 Å². The summed E-state index contributed by atoms with van der Waals surface area (Å²) in [5, 5.41) is 3.14. The molecule has 2 aliphatic carbocycles. The van der Waals surface area contributed by atoms with Crippen LogP contribution in [0.25, 0.3) is 11.0 Å². The predicted molar refractivity (Wildman–Crippen MR) is 100 cm³/mol. The van der Waals surface area contributed by atoms with Crippen LogP contribution in [-0.4, -0.2) is 21.5 Å². The largest absolute Gasteiger partial charge is 0.349 e. The van der Waals surface area contributed by atoms with Gasteiger partial charge in [0.15, 0.2) is 0 Å². The summed E-state index contributed by atoms with van der Waals surface area (Å²) in [6, 6.07) is 5.25. The highest BCUT2D eigenvalue weighted by molar-refractivity contribution is 5.97. The number of aromatic amines is 1. The van der Waals surface area contributed by atoms with Crippen LogP contribution in [-0.2, 0) is 6.54 Å². The van der Waals surface area contributed by atoms with E-state index in [-0.39, 0.29) is 11.9 Å². The Hall–Kier alpha value is -2.37. The average molecular weight is 355 g/mol. The van der Waals surface area contributed by atoms with Crippen LogP contribution in [0.2, 0.25) is 0 Å². The summed E-state index contributed by atoms with van der Waals surface area (Å²) in [6.07, 6.45) is 5.18. The Morgan fingerprint density at radius 2 is 2.12 bits per heavy atom. The second-order valence-corrected chi connectivity index (χ2v) is 7.84. The van der Waals surface area contributed by atoms with Gasteiger partial charge >= 0.3 is 11.1 Å². The number of amides is 1. The van der Waals surface area contributed by atoms with Crippen LogP contribution >= 0.6 is 0 Å². The first-order valence-electron chi connectivity index (χ1n) is 9.55. The fourth-order valence-electron chi connectivity index (χ4n) is 5.04. The molecule has 2 saturated carbocycles. The Labute approximate surface area is 151 Å². The van der Waals surface area contributed by atoms with E-state index in [4.69, 9.17) is 0 Å². The number of aryl methyl sites for hydroxylation is 1. The fourth-order valence-corrected chi connectivity index (χ4v) is 5.04. The standard InChI is InChI=1S/C20H25N3O3/c1-3-23-17-7-6-14(10-16(17)22-19(25)20(23)26)18(24)21-11(2)15-9-12-4-5-13(15)8-12/h6-7,10-13,15H,3-5,8-9H2,1-2H3,(H,21,24)(H,22,25)/t11-,12-,13-,15+/m0/s1. The fraction of sp³-hybridized carbons (Fsp3) is 0.550. The van der Waals surface area contributed by atoms with Crippen LogP contribution < -0.4 is 16.4 Å². The van der Waals surface area contributed by atoms with E-state index in [1.54, 1.807) is 18.2 Å². The molecule has 0 unspecified atom stereocenters. The Kier molecular flexibility index (Phi) is 4.21. The third-order valence-electron chi connectivity index (χ3n) is 6.35. The second kappa shape index (κ2) is 6.41. The number of aromatic nitrogens is 2. The molecule has 1 amide bonds. The number of fused-ring (bicyclic) bond motifs is 3. The molecule has 4 rings (SSSR count). The lowest BCUT2D eigenvalue weighted by Crippen LogP contribution is -2.40. The number of H-pyrrole nitrogens is 1. The molecule has 6 heteroatoms. The quantitative estimate of drug-likeness (QED) is 0.825. The van der Waals surface area contributed by atoms with Gasteiger partial charge in [-0.3, -0.25) is 14.4 Å². The molecule has 2 aliphatic rings. The molecule has 6 nitrogen and oxygen atoms in total. The van der Waals surface area contributed by atoms with Crippen LogP contribution in [0.4, 0.5) is 0 Å². The van der Waals surface area contributed by atoms with Gasteiger partial charge in [0.05, 0.1) is 11.0 Å². The summed E-state index contributed by atoms with van der Waals surface area (Å²) in [6.45, 7) is 4.32. The number of carbonyl (C=O) groups is 1. The maximum atomic E-state index is 12.7. The first kappa shape index (κ1) is 17.1. The lowest BCUT2D eigenvalue weighted by Gasteiger charge is -2.28. The molecule has 1 heterocycles. The topological polar surface area (TPSA) is 84.0 Å². The van der Waals surface area contributed by atoms with Gasteiger partial charge in [0.25, 0.3) is 5.91 Å². The SMILES string of the molecule is CCn1c(=O)c(=O)[nH]c2cc(C(=O)N[C@@H](C)[C@H]3C[C@H]4CC[C@H]3C4)ccc21. The van der Waals surface area contributed by atoms with Gasteiger partial charge in [0.2, 0.25) is 0 Å². The molecule has 2 fully saturated rings. The third-order valence-corrected chi connectivity index (χ3v) is 6.35. The van der Waals surface area contributed by atoms with Gasteiger partial charge in [0, 0.05) is 18.2 Å². The monoisotopic (exact) mass is 355 g/mol. The van der Waals surface area contributed by atoms with Crippen molar-refractivity contribution in [1.82, 2.24) is 14.9 Å². The summed E-state index contributed by atoms with van der Waals surface area (Å²) >= 11 is 0. The highest BCUT2D eigenvalue weighted by atomic mass is 16.2. The first-order valence-corrected chi connectivity index (χ1v) is 9.55. The van der Waals surface area contributed by atoms with Crippen LogP contribution in [0.5, 0.6) is 0 Å². The Morgan fingerprint density at radius 1 is 1.31 bits per heavy atom. The minimum atomic E-state index is -0.660. The summed E-state index contributed by atoms with van der Waals surface area (Å²) in [5.74, 6) is 2.05. The van der Waals surface area contributed by atoms with E-state index in [1.165, 1.54) is 30.3 Å². The summed E-state index contributed by atoms with van der Waals surface area (Å²) in [5.41, 5.74) is 0.422. The zero-order valence-corrected chi connectivity index (χ0v) is 15.2. The second-order valence-electron chi connectivity index (χ2n) is 7.84. The van der Waals surface area contributed by atoms with Crippen molar-refractivity contribution < 1.29 is 4.79 Å². The molecule has 1 aromatic heterocycles. The number of rotatable bonds is 4. The first-order chi connectivity index (χ1) is 12.5.